The minimum absolute atomic E-state index is 0.0309. The van der Waals surface area contributed by atoms with Crippen LogP contribution in [0.5, 0.6) is 0 Å². The zero-order valence-corrected chi connectivity index (χ0v) is 21.5. The molecule has 9 nitrogen and oxygen atoms in total. The third kappa shape index (κ3) is 16.6. The van der Waals surface area contributed by atoms with Gasteiger partial charge in [-0.15, -0.1) is 11.6 Å². The highest BCUT2D eigenvalue weighted by Crippen LogP contribution is 2.17. The van der Waals surface area contributed by atoms with Gasteiger partial charge in [-0.25, -0.2) is 0 Å². The fraction of sp³-hybridized carbons (Fsp3) is 0.917. The van der Waals surface area contributed by atoms with E-state index < -0.39 is 5.54 Å². The number of carbonyl (C=O) groups excluding carboxylic acids is 2. The number of ether oxygens (including phenoxy) is 4. The monoisotopic (exact) mass is 507 g/mol. The van der Waals surface area contributed by atoms with Crippen LogP contribution >= 0.6 is 11.6 Å². The first kappa shape index (κ1) is 31.1. The summed E-state index contributed by atoms with van der Waals surface area (Å²) in [5, 5.41) is 5.74. The molecule has 0 saturated carbocycles. The van der Waals surface area contributed by atoms with Crippen molar-refractivity contribution < 1.29 is 28.5 Å². The molecule has 0 bridgehead atoms. The van der Waals surface area contributed by atoms with Crippen LogP contribution in [0.3, 0.4) is 0 Å². The molecule has 0 unspecified atom stereocenters. The van der Waals surface area contributed by atoms with E-state index in [9.17, 15) is 9.59 Å². The summed E-state index contributed by atoms with van der Waals surface area (Å²) in [5.74, 6) is 0.657. The predicted molar refractivity (Wildman–Crippen MR) is 133 cm³/mol. The Kier molecular flexibility index (Phi) is 19.5. The first-order valence-corrected chi connectivity index (χ1v) is 13.3. The number of halogens is 1. The number of hydrogen-bond donors (Lipinski definition) is 3. The van der Waals surface area contributed by atoms with Crippen molar-refractivity contribution in [3.05, 3.63) is 0 Å². The molecule has 10 heteroatoms. The average Bonchev–Trinajstić information content (AvgIpc) is 2.84. The predicted octanol–water partition coefficient (Wildman–Crippen LogP) is 2.14. The lowest BCUT2D eigenvalue weighted by Gasteiger charge is -2.31. The van der Waals surface area contributed by atoms with E-state index in [0.717, 1.165) is 57.4 Å². The van der Waals surface area contributed by atoms with Gasteiger partial charge in [-0.1, -0.05) is 12.8 Å². The second-order valence-corrected chi connectivity index (χ2v) is 9.00. The molecule has 34 heavy (non-hydrogen) atoms. The van der Waals surface area contributed by atoms with Crippen LogP contribution in [-0.4, -0.2) is 89.2 Å². The Hall–Kier alpha value is -0.970. The molecule has 4 N–H and O–H groups in total. The normalized spacial score (nSPS) is 15.2. The zero-order chi connectivity index (χ0) is 24.7. The largest absolute Gasteiger partial charge is 0.381 e. The van der Waals surface area contributed by atoms with Gasteiger partial charge in [0.1, 0.15) is 0 Å². The van der Waals surface area contributed by atoms with Gasteiger partial charge in [-0.2, -0.15) is 0 Å². The maximum absolute atomic E-state index is 12.2. The van der Waals surface area contributed by atoms with Gasteiger partial charge >= 0.3 is 0 Å². The zero-order valence-electron chi connectivity index (χ0n) is 20.8. The van der Waals surface area contributed by atoms with E-state index >= 15 is 0 Å². The van der Waals surface area contributed by atoms with Crippen LogP contribution in [0.15, 0.2) is 0 Å². The second kappa shape index (κ2) is 21.3. The molecular formula is C24H46ClN3O6. The molecule has 2 amide bonds. The summed E-state index contributed by atoms with van der Waals surface area (Å²) in [6, 6.07) is 0. The number of alkyl halides is 1. The van der Waals surface area contributed by atoms with Gasteiger partial charge < -0.3 is 35.3 Å². The molecule has 200 valence electrons. The number of carbonyl (C=O) groups is 2. The van der Waals surface area contributed by atoms with E-state index in [1.165, 1.54) is 0 Å². The minimum atomic E-state index is -0.801. The molecule has 0 aliphatic carbocycles. The van der Waals surface area contributed by atoms with E-state index in [2.05, 4.69) is 10.6 Å². The summed E-state index contributed by atoms with van der Waals surface area (Å²) in [5.41, 5.74) is 5.33. The van der Waals surface area contributed by atoms with Crippen LogP contribution in [0.1, 0.15) is 64.2 Å². The Labute approximate surface area is 210 Å². The van der Waals surface area contributed by atoms with E-state index in [1.54, 1.807) is 0 Å². The molecule has 0 radical (unpaired) electrons. The fourth-order valence-electron chi connectivity index (χ4n) is 3.43. The van der Waals surface area contributed by atoms with Crippen molar-refractivity contribution >= 4 is 23.4 Å². The smallest absolute Gasteiger partial charge is 0.240 e. The molecule has 0 spiro atoms. The van der Waals surface area contributed by atoms with Gasteiger partial charge in [-0.05, 0) is 44.9 Å². The highest BCUT2D eigenvalue weighted by atomic mass is 35.5. The molecule has 1 heterocycles. The maximum atomic E-state index is 12.2. The summed E-state index contributed by atoms with van der Waals surface area (Å²) in [4.78, 5) is 24.0. The summed E-state index contributed by atoms with van der Waals surface area (Å²) < 4.78 is 21.8. The van der Waals surface area contributed by atoms with Gasteiger partial charge in [0.2, 0.25) is 11.8 Å². The third-order valence-corrected chi connectivity index (χ3v) is 5.91. The molecule has 0 aromatic rings. The summed E-state index contributed by atoms with van der Waals surface area (Å²) in [7, 11) is 0. The Morgan fingerprint density at radius 1 is 0.765 bits per heavy atom. The summed E-state index contributed by atoms with van der Waals surface area (Å²) in [6.45, 7) is 5.67. The van der Waals surface area contributed by atoms with E-state index in [-0.39, 0.29) is 11.8 Å². The Bertz CT molecular complexity index is 521. The van der Waals surface area contributed by atoms with Crippen molar-refractivity contribution in [3.63, 3.8) is 0 Å². The van der Waals surface area contributed by atoms with Gasteiger partial charge in [0.05, 0.1) is 25.4 Å². The van der Waals surface area contributed by atoms with E-state index in [1.807, 2.05) is 0 Å². The SMILES string of the molecule is NC1(C(=O)NCCCOCCCCC(=O)NCCOCCOCCCCCCCl)CCOCC1. The average molecular weight is 508 g/mol. The highest BCUT2D eigenvalue weighted by molar-refractivity contribution is 6.17. The molecule has 1 aliphatic heterocycles. The number of rotatable bonds is 22. The van der Waals surface area contributed by atoms with Crippen LogP contribution in [0.25, 0.3) is 0 Å². The van der Waals surface area contributed by atoms with Crippen molar-refractivity contribution in [3.8, 4) is 0 Å². The van der Waals surface area contributed by atoms with Crippen molar-refractivity contribution in [1.82, 2.24) is 10.6 Å². The highest BCUT2D eigenvalue weighted by Gasteiger charge is 2.35. The summed E-state index contributed by atoms with van der Waals surface area (Å²) in [6.07, 6.45) is 8.37. The van der Waals surface area contributed by atoms with Crippen molar-refractivity contribution in [1.29, 1.82) is 0 Å². The molecule has 0 atom stereocenters. The molecule has 1 rings (SSSR count). The molecule has 0 aromatic heterocycles. The van der Waals surface area contributed by atoms with Crippen LogP contribution in [0.4, 0.5) is 0 Å². The number of nitrogens with one attached hydrogen (secondary N) is 2. The first-order chi connectivity index (χ1) is 16.6. The van der Waals surface area contributed by atoms with Gasteiger partial charge in [0.15, 0.2) is 0 Å². The number of unbranched alkanes of at least 4 members (excludes halogenated alkanes) is 4. The molecular weight excluding hydrogens is 462 g/mol. The topological polar surface area (TPSA) is 121 Å². The Morgan fingerprint density at radius 3 is 2.12 bits per heavy atom. The third-order valence-electron chi connectivity index (χ3n) is 5.64. The van der Waals surface area contributed by atoms with Crippen molar-refractivity contribution in [2.24, 2.45) is 5.73 Å². The van der Waals surface area contributed by atoms with Crippen molar-refractivity contribution in [2.75, 3.05) is 71.8 Å². The van der Waals surface area contributed by atoms with E-state index in [4.69, 9.17) is 36.3 Å². The van der Waals surface area contributed by atoms with Crippen LogP contribution < -0.4 is 16.4 Å². The number of nitrogens with two attached hydrogens (primary N) is 1. The van der Waals surface area contributed by atoms with Gasteiger partial charge in [-0.3, -0.25) is 9.59 Å². The number of hydrogen-bond acceptors (Lipinski definition) is 7. The Morgan fingerprint density at radius 2 is 1.38 bits per heavy atom. The minimum Gasteiger partial charge on any atom is -0.381 e. The van der Waals surface area contributed by atoms with Gasteiger partial charge in [0, 0.05) is 58.4 Å². The molecule has 1 saturated heterocycles. The fourth-order valence-corrected chi connectivity index (χ4v) is 3.62. The van der Waals surface area contributed by atoms with Crippen molar-refractivity contribution in [2.45, 2.75) is 69.7 Å². The maximum Gasteiger partial charge on any atom is 0.240 e. The van der Waals surface area contributed by atoms with Gasteiger partial charge in [0.25, 0.3) is 0 Å². The lowest BCUT2D eigenvalue weighted by molar-refractivity contribution is -0.129. The quantitative estimate of drug-likeness (QED) is 0.151. The first-order valence-electron chi connectivity index (χ1n) is 12.8. The summed E-state index contributed by atoms with van der Waals surface area (Å²) >= 11 is 5.64. The lowest BCUT2D eigenvalue weighted by atomic mass is 9.90. The van der Waals surface area contributed by atoms with Crippen LogP contribution in [0, 0.1) is 0 Å². The lowest BCUT2D eigenvalue weighted by Crippen LogP contribution is -2.57. The van der Waals surface area contributed by atoms with Crippen LogP contribution in [-0.2, 0) is 28.5 Å². The molecule has 1 fully saturated rings. The van der Waals surface area contributed by atoms with E-state index in [0.29, 0.717) is 78.6 Å². The van der Waals surface area contributed by atoms with Crippen LogP contribution in [0.2, 0.25) is 0 Å². The second-order valence-electron chi connectivity index (χ2n) is 8.63. The molecule has 1 aliphatic rings. The number of amides is 2. The molecule has 0 aromatic carbocycles. The standard InChI is InChI=1S/C24H46ClN3O6/c25-11-4-1-2-5-14-32-20-21-34-19-13-27-22(29)8-3-6-15-31-16-7-12-28-23(30)24(26)9-17-33-18-10-24/h1-21,26H2,(H,27,29)(H,28,30). The Balaban J connectivity index is 1.79.